The molecule has 7 heavy (non-hydrogen) atoms. The maximum Gasteiger partial charge on any atom is 0.158 e. The minimum atomic E-state index is 1.05. The molecule has 0 spiro atoms. The fourth-order valence-corrected chi connectivity index (χ4v) is 0.233. The lowest BCUT2D eigenvalue weighted by atomic mass is 10.5. The van der Waals surface area contributed by atoms with Crippen molar-refractivity contribution in [2.75, 3.05) is 0 Å². The van der Waals surface area contributed by atoms with Gasteiger partial charge in [0, 0.05) is 18.6 Å². The van der Waals surface area contributed by atoms with Crippen LogP contribution in [-0.4, -0.2) is 0 Å². The molecule has 30 valence electrons. The zero-order valence-corrected chi connectivity index (χ0v) is 3.73. The molecule has 0 amide bonds. The van der Waals surface area contributed by atoms with Gasteiger partial charge in [-0.3, -0.25) is 0 Å². The summed E-state index contributed by atoms with van der Waals surface area (Å²) >= 11 is 0. The number of terminal acetylenes is 1. The maximum atomic E-state index is 4.84. The van der Waals surface area contributed by atoms with Crippen LogP contribution in [0.25, 0.3) is 0 Å². The van der Waals surface area contributed by atoms with Crippen molar-refractivity contribution in [1.82, 2.24) is 0 Å². The van der Waals surface area contributed by atoms with Gasteiger partial charge < -0.3 is 0 Å². The highest BCUT2D eigenvalue weighted by Crippen LogP contribution is 2.09. The molecule has 0 unspecified atom stereocenters. The van der Waals surface area contributed by atoms with Gasteiger partial charge in [-0.1, -0.05) is 0 Å². The van der Waals surface area contributed by atoms with Gasteiger partial charge in [0.15, 0.2) is 6.08 Å². The number of hydrogen-bond donors (Lipinski definition) is 0. The van der Waals surface area contributed by atoms with Gasteiger partial charge in [0.2, 0.25) is 0 Å². The van der Waals surface area contributed by atoms with Crippen LogP contribution in [0.5, 0.6) is 0 Å². The van der Waals surface area contributed by atoms with Gasteiger partial charge in [0.1, 0.15) is 11.5 Å². The van der Waals surface area contributed by atoms with E-state index in [9.17, 15) is 0 Å². The van der Waals surface area contributed by atoms with Crippen LogP contribution in [0.1, 0.15) is 0 Å². The summed E-state index contributed by atoms with van der Waals surface area (Å²) in [6.45, 7) is 0. The molecule has 0 fully saturated rings. The van der Waals surface area contributed by atoms with Gasteiger partial charge in [0.25, 0.3) is 0 Å². The molecule has 0 bridgehead atoms. The van der Waals surface area contributed by atoms with Crippen LogP contribution in [0.4, 0.5) is 0 Å². The lowest BCUT2D eigenvalue weighted by Gasteiger charge is -1.40. The molecule has 1 aliphatic rings. The van der Waals surface area contributed by atoms with E-state index in [0.29, 0.717) is 0 Å². The first-order chi connectivity index (χ1) is 3.43. The molecule has 0 aromatic carbocycles. The fourth-order valence-electron chi connectivity index (χ4n) is 0.233. The lowest BCUT2D eigenvalue weighted by molar-refractivity contribution is 1.99. The van der Waals surface area contributed by atoms with E-state index < -0.39 is 0 Å². The van der Waals surface area contributed by atoms with Crippen molar-refractivity contribution < 1.29 is 0 Å². The van der Waals surface area contributed by atoms with E-state index in [1.165, 1.54) is 0 Å². The average molecular weight is 87.1 g/mol. The van der Waals surface area contributed by atoms with E-state index in [1.807, 2.05) is 12.2 Å². The highest BCUT2D eigenvalue weighted by atomic mass is 14.0. The van der Waals surface area contributed by atoms with Crippen molar-refractivity contribution in [3.8, 4) is 12.3 Å². The Bertz CT molecular complexity index is 185. The second kappa shape index (κ2) is 1.45. The third-order valence-corrected chi connectivity index (χ3v) is 0.612. The van der Waals surface area contributed by atoms with E-state index in [0.717, 1.165) is 5.57 Å². The molecule has 0 radical (unpaired) electrons. The molecule has 1 aliphatic carbocycles. The van der Waals surface area contributed by atoms with Crippen LogP contribution >= 0.6 is 0 Å². The van der Waals surface area contributed by atoms with Crippen molar-refractivity contribution in [1.29, 1.82) is 0 Å². The quantitative estimate of drug-likeness (QED) is 0.235. The van der Waals surface area contributed by atoms with Gasteiger partial charge in [-0.15, -0.1) is 0 Å². The van der Waals surface area contributed by atoms with E-state index in [4.69, 9.17) is 6.42 Å². The first-order valence-corrected chi connectivity index (χ1v) is 1.95. The van der Waals surface area contributed by atoms with E-state index in [2.05, 4.69) is 17.7 Å². The third kappa shape index (κ3) is 1.07. The Morgan fingerprint density at radius 2 is 2.29 bits per heavy atom. The summed E-state index contributed by atoms with van der Waals surface area (Å²) in [5.41, 5.74) is 3.78. The summed E-state index contributed by atoms with van der Waals surface area (Å²) in [6.07, 6.45) is 11.2. The van der Waals surface area contributed by atoms with Crippen LogP contribution in [0.15, 0.2) is 23.5 Å². The normalized spacial score (nSPS) is 11.6. The molecule has 0 saturated heterocycles. The molecule has 1 rings (SSSR count). The monoisotopic (exact) mass is 87.0 g/mol. The van der Waals surface area contributed by atoms with Gasteiger partial charge >= 0.3 is 0 Å². The summed E-state index contributed by atoms with van der Waals surface area (Å²) in [5.74, 6) is 2.22. The largest absolute Gasteiger partial charge is 0.158 e. The van der Waals surface area contributed by atoms with Crippen molar-refractivity contribution in [3.05, 3.63) is 29.5 Å². The molecular formula is C7H3+. The van der Waals surface area contributed by atoms with Crippen LogP contribution < -0.4 is 0 Å². The molecular weight excluding hydrogens is 84.1 g/mol. The van der Waals surface area contributed by atoms with Crippen LogP contribution in [0.3, 0.4) is 0 Å². The summed E-state index contributed by atoms with van der Waals surface area (Å²) in [5, 5.41) is 0. The van der Waals surface area contributed by atoms with Gasteiger partial charge in [0.05, 0.1) is 5.73 Å². The van der Waals surface area contributed by atoms with Crippen molar-refractivity contribution in [3.63, 3.8) is 0 Å². The zero-order chi connectivity index (χ0) is 5.11. The van der Waals surface area contributed by atoms with E-state index in [-0.39, 0.29) is 0 Å². The van der Waals surface area contributed by atoms with E-state index in [1.54, 1.807) is 0 Å². The molecule has 0 aliphatic heterocycles. The standard InChI is InChI=1S/C7H3/c1-2-3-4-7-5-6-7/h1,5-6H/q+1. The van der Waals surface area contributed by atoms with Gasteiger partial charge in [-0.05, 0) is 0 Å². The summed E-state index contributed by atoms with van der Waals surface area (Å²) in [7, 11) is 0. The first kappa shape index (κ1) is 3.90. The minimum Gasteiger partial charge on any atom is 0.0243 e. The molecule has 0 aromatic rings. The predicted octanol–water partition coefficient (Wildman–Crippen LogP) is 1.07. The average Bonchev–Trinajstić information content (AvgIpc) is 2.42. The van der Waals surface area contributed by atoms with Crippen molar-refractivity contribution in [2.45, 2.75) is 0 Å². The van der Waals surface area contributed by atoms with Crippen LogP contribution in [0.2, 0.25) is 0 Å². The summed E-state index contributed by atoms with van der Waals surface area (Å²) in [4.78, 5) is 0. The number of hydrogen-bond acceptors (Lipinski definition) is 0. The highest BCUT2D eigenvalue weighted by Gasteiger charge is 2.01. The first-order valence-electron chi connectivity index (χ1n) is 1.95. The summed E-state index contributed by atoms with van der Waals surface area (Å²) in [6, 6.07) is 0. The second-order valence-electron chi connectivity index (χ2n) is 1.18. The Hall–Kier alpha value is -1.27. The molecule has 0 heteroatoms. The van der Waals surface area contributed by atoms with Gasteiger partial charge in [-0.25, -0.2) is 0 Å². The SMILES string of the molecule is C#C[C+]=C=C1C=C1. The molecule has 0 nitrogen and oxygen atoms in total. The van der Waals surface area contributed by atoms with Crippen LogP contribution in [-0.2, 0) is 0 Å². The summed E-state index contributed by atoms with van der Waals surface area (Å²) < 4.78 is 0. The van der Waals surface area contributed by atoms with Crippen molar-refractivity contribution >= 4 is 0 Å². The second-order valence-corrected chi connectivity index (χ2v) is 1.18. The van der Waals surface area contributed by atoms with Crippen LogP contribution in [0, 0.1) is 18.4 Å². The number of rotatable bonds is 0. The molecule has 0 saturated carbocycles. The lowest BCUT2D eigenvalue weighted by Crippen LogP contribution is -1.40. The molecule has 0 N–H and O–H groups in total. The highest BCUT2D eigenvalue weighted by molar-refractivity contribution is 5.45. The molecule has 0 heterocycles. The third-order valence-electron chi connectivity index (χ3n) is 0.612. The van der Waals surface area contributed by atoms with Crippen molar-refractivity contribution in [2.24, 2.45) is 0 Å². The Morgan fingerprint density at radius 1 is 1.57 bits per heavy atom. The maximum absolute atomic E-state index is 4.84. The fraction of sp³-hybridized carbons (Fsp3) is 0. The zero-order valence-electron chi connectivity index (χ0n) is 3.73. The Labute approximate surface area is 42.9 Å². The Kier molecular flexibility index (Phi) is 0.810. The Balaban J connectivity index is 2.66. The smallest absolute Gasteiger partial charge is 0.0243 e. The Morgan fingerprint density at radius 3 is 2.71 bits per heavy atom. The van der Waals surface area contributed by atoms with Gasteiger partial charge in [-0.2, -0.15) is 0 Å². The molecule has 0 atom stereocenters. The topological polar surface area (TPSA) is 0 Å². The van der Waals surface area contributed by atoms with E-state index >= 15 is 0 Å². The minimum absolute atomic E-state index is 1.05. The number of allylic oxidation sites excluding steroid dienone is 3. The molecule has 0 aromatic heterocycles. The predicted molar refractivity (Wildman–Crippen MR) is 28.2 cm³/mol.